The summed E-state index contributed by atoms with van der Waals surface area (Å²) < 4.78 is 1.24. The van der Waals surface area contributed by atoms with Crippen molar-refractivity contribution >= 4 is 23.9 Å². The molecule has 0 aliphatic heterocycles. The van der Waals surface area contributed by atoms with Gasteiger partial charge in [-0.25, -0.2) is 14.5 Å². The van der Waals surface area contributed by atoms with Gasteiger partial charge in [-0.2, -0.15) is 5.10 Å². The fraction of sp³-hybridized carbons (Fsp3) is 0. The Kier molecular flexibility index (Phi) is 2.88. The van der Waals surface area contributed by atoms with Gasteiger partial charge in [-0.15, -0.1) is 0 Å². The first-order valence-corrected chi connectivity index (χ1v) is 4.89. The molecule has 0 unspecified atom stereocenters. The largest absolute Gasteiger partial charge is 0.476 e. The van der Waals surface area contributed by atoms with Crippen LogP contribution in [0.5, 0.6) is 0 Å². The Bertz CT molecular complexity index is 594. The van der Waals surface area contributed by atoms with E-state index in [9.17, 15) is 9.59 Å². The molecule has 0 saturated heterocycles. The van der Waals surface area contributed by atoms with Gasteiger partial charge in [0, 0.05) is 18.0 Å². The van der Waals surface area contributed by atoms with Crippen LogP contribution in [-0.2, 0) is 0 Å². The minimum absolute atomic E-state index is 0.109. The van der Waals surface area contributed by atoms with Crippen molar-refractivity contribution in [2.75, 3.05) is 0 Å². The molecule has 0 atom stereocenters. The first kappa shape index (κ1) is 11.3. The van der Waals surface area contributed by atoms with E-state index in [1.807, 2.05) is 0 Å². The topological polar surface area (TPSA) is 85.1 Å². The highest BCUT2D eigenvalue weighted by molar-refractivity contribution is 6.32. The molecule has 0 aliphatic rings. The molecule has 0 fully saturated rings. The van der Waals surface area contributed by atoms with Crippen LogP contribution in [0.3, 0.4) is 0 Å². The van der Waals surface area contributed by atoms with Crippen LogP contribution < -0.4 is 0 Å². The van der Waals surface area contributed by atoms with Crippen LogP contribution in [0.25, 0.3) is 5.82 Å². The molecular weight excluding hydrogens is 246 g/mol. The van der Waals surface area contributed by atoms with Gasteiger partial charge < -0.3 is 5.11 Å². The number of rotatable bonds is 3. The van der Waals surface area contributed by atoms with E-state index in [1.165, 1.54) is 29.2 Å². The number of hydrogen-bond acceptors (Lipinski definition) is 4. The Balaban J connectivity index is 2.45. The normalized spacial score (nSPS) is 10.2. The van der Waals surface area contributed by atoms with E-state index in [0.29, 0.717) is 11.8 Å². The third kappa shape index (κ3) is 2.16. The van der Waals surface area contributed by atoms with Gasteiger partial charge in [0.05, 0.1) is 5.02 Å². The number of aromatic nitrogens is 3. The molecule has 0 radical (unpaired) electrons. The van der Waals surface area contributed by atoms with Crippen LogP contribution in [-0.4, -0.2) is 32.1 Å². The minimum atomic E-state index is -1.13. The second-order valence-electron chi connectivity index (χ2n) is 3.14. The number of aldehydes is 1. The van der Waals surface area contributed by atoms with Crippen LogP contribution in [0.2, 0.25) is 5.02 Å². The molecule has 0 spiro atoms. The zero-order valence-corrected chi connectivity index (χ0v) is 9.13. The Hall–Kier alpha value is -2.21. The number of carbonyl (C=O) groups is 2. The minimum Gasteiger partial charge on any atom is -0.476 e. The second kappa shape index (κ2) is 4.34. The molecule has 1 N–H and O–H groups in total. The molecule has 7 heteroatoms. The first-order valence-electron chi connectivity index (χ1n) is 4.52. The van der Waals surface area contributed by atoms with Crippen LogP contribution in [0.4, 0.5) is 0 Å². The molecule has 2 rings (SSSR count). The predicted octanol–water partition coefficient (Wildman–Crippen LogP) is 1.43. The van der Waals surface area contributed by atoms with Gasteiger partial charge in [0.1, 0.15) is 0 Å². The van der Waals surface area contributed by atoms with E-state index in [1.54, 1.807) is 0 Å². The first-order chi connectivity index (χ1) is 8.11. The highest BCUT2D eigenvalue weighted by Crippen LogP contribution is 2.18. The highest BCUT2D eigenvalue weighted by Gasteiger charge is 2.11. The van der Waals surface area contributed by atoms with Crippen LogP contribution in [0.15, 0.2) is 24.5 Å². The predicted molar refractivity (Wildman–Crippen MR) is 58.7 cm³/mol. The SMILES string of the molecule is O=Cc1cnc(-n2ccc(C(=O)O)n2)c(Cl)c1. The molecule has 2 aromatic rings. The van der Waals surface area contributed by atoms with Gasteiger partial charge in [-0.05, 0) is 12.1 Å². The van der Waals surface area contributed by atoms with Gasteiger partial charge in [-0.3, -0.25) is 4.79 Å². The van der Waals surface area contributed by atoms with Crippen molar-refractivity contribution in [3.63, 3.8) is 0 Å². The number of aromatic carboxylic acids is 1. The van der Waals surface area contributed by atoms with Crippen molar-refractivity contribution in [2.24, 2.45) is 0 Å². The molecule has 2 aromatic heterocycles. The molecular formula is C10H6ClN3O3. The van der Waals surface area contributed by atoms with Crippen molar-refractivity contribution < 1.29 is 14.7 Å². The Labute approximate surface area is 100 Å². The summed E-state index contributed by atoms with van der Waals surface area (Å²) in [6, 6.07) is 2.76. The smallest absolute Gasteiger partial charge is 0.356 e. The monoisotopic (exact) mass is 251 g/mol. The Morgan fingerprint density at radius 3 is 2.82 bits per heavy atom. The van der Waals surface area contributed by atoms with Crippen LogP contribution in [0, 0.1) is 0 Å². The van der Waals surface area contributed by atoms with E-state index in [0.717, 1.165) is 0 Å². The van der Waals surface area contributed by atoms with E-state index < -0.39 is 5.97 Å². The Morgan fingerprint density at radius 2 is 2.29 bits per heavy atom. The average molecular weight is 252 g/mol. The van der Waals surface area contributed by atoms with Crippen molar-refractivity contribution in [2.45, 2.75) is 0 Å². The highest BCUT2D eigenvalue weighted by atomic mass is 35.5. The zero-order chi connectivity index (χ0) is 12.4. The van der Waals surface area contributed by atoms with Gasteiger partial charge in [0.2, 0.25) is 0 Å². The quantitative estimate of drug-likeness (QED) is 0.834. The number of hydrogen-bond donors (Lipinski definition) is 1. The molecule has 0 bridgehead atoms. The maximum absolute atomic E-state index is 10.7. The maximum atomic E-state index is 10.7. The fourth-order valence-electron chi connectivity index (χ4n) is 1.23. The molecule has 86 valence electrons. The summed E-state index contributed by atoms with van der Waals surface area (Å²) in [4.78, 5) is 25.1. The lowest BCUT2D eigenvalue weighted by molar-refractivity contribution is 0.0690. The Morgan fingerprint density at radius 1 is 1.53 bits per heavy atom. The van der Waals surface area contributed by atoms with Crippen LogP contribution in [0.1, 0.15) is 20.8 Å². The van der Waals surface area contributed by atoms with Gasteiger partial charge in [0.15, 0.2) is 17.8 Å². The molecule has 17 heavy (non-hydrogen) atoms. The summed E-state index contributed by atoms with van der Waals surface area (Å²) in [7, 11) is 0. The summed E-state index contributed by atoms with van der Waals surface area (Å²) in [6.45, 7) is 0. The summed E-state index contributed by atoms with van der Waals surface area (Å²) in [6.07, 6.45) is 3.38. The molecule has 0 amide bonds. The lowest BCUT2D eigenvalue weighted by Gasteiger charge is -2.02. The molecule has 6 nitrogen and oxygen atoms in total. The summed E-state index contributed by atoms with van der Waals surface area (Å²) in [5, 5.41) is 12.7. The van der Waals surface area contributed by atoms with Crippen molar-refractivity contribution in [1.29, 1.82) is 0 Å². The van der Waals surface area contributed by atoms with E-state index in [4.69, 9.17) is 16.7 Å². The number of nitrogens with zero attached hydrogens (tertiary/aromatic N) is 3. The number of carbonyl (C=O) groups excluding carboxylic acids is 1. The average Bonchev–Trinajstić information content (AvgIpc) is 2.78. The van der Waals surface area contributed by atoms with E-state index in [-0.39, 0.29) is 16.5 Å². The van der Waals surface area contributed by atoms with Gasteiger partial charge in [0.25, 0.3) is 0 Å². The molecule has 0 aliphatic carbocycles. The third-order valence-corrected chi connectivity index (χ3v) is 2.28. The lowest BCUT2D eigenvalue weighted by Crippen LogP contribution is -2.03. The van der Waals surface area contributed by atoms with E-state index >= 15 is 0 Å². The second-order valence-corrected chi connectivity index (χ2v) is 3.55. The number of carboxylic acids is 1. The lowest BCUT2D eigenvalue weighted by atomic mass is 10.3. The summed E-state index contributed by atoms with van der Waals surface area (Å²) in [5.41, 5.74) is 0.228. The molecule has 0 aromatic carbocycles. The zero-order valence-electron chi connectivity index (χ0n) is 8.37. The van der Waals surface area contributed by atoms with Crippen molar-refractivity contribution in [3.05, 3.63) is 40.8 Å². The molecule has 0 saturated carbocycles. The van der Waals surface area contributed by atoms with Gasteiger partial charge in [-0.1, -0.05) is 11.6 Å². The number of carboxylic acid groups (broad SMARTS) is 1. The van der Waals surface area contributed by atoms with Gasteiger partial charge >= 0.3 is 5.97 Å². The number of pyridine rings is 1. The van der Waals surface area contributed by atoms with Crippen LogP contribution >= 0.6 is 11.6 Å². The van der Waals surface area contributed by atoms with Crippen molar-refractivity contribution in [3.8, 4) is 5.82 Å². The standard InChI is InChI=1S/C10H6ClN3O3/c11-7-3-6(5-15)4-12-9(7)14-2-1-8(13-14)10(16)17/h1-5H,(H,16,17). The summed E-state index contributed by atoms with van der Waals surface area (Å²) >= 11 is 5.90. The maximum Gasteiger partial charge on any atom is 0.356 e. The summed E-state index contributed by atoms with van der Waals surface area (Å²) in [5.74, 6) is -0.867. The number of halogens is 1. The fourth-order valence-corrected chi connectivity index (χ4v) is 1.50. The van der Waals surface area contributed by atoms with Crippen molar-refractivity contribution in [1.82, 2.24) is 14.8 Å². The third-order valence-electron chi connectivity index (χ3n) is 2.00. The van der Waals surface area contributed by atoms with E-state index in [2.05, 4.69) is 10.1 Å². The molecule has 2 heterocycles.